The molecule has 1 nitrogen and oxygen atoms in total. The molecule has 0 saturated carbocycles. The van der Waals surface area contributed by atoms with E-state index in [1.165, 1.54) is 44.9 Å². The molecule has 0 heterocycles. The molecular weight excluding hydrogens is 184 g/mol. The van der Waals surface area contributed by atoms with Gasteiger partial charge in [-0.15, -0.1) is 0 Å². The molecule has 0 aliphatic rings. The number of carbonyl (C=O) groups is 1. The molecule has 15 heavy (non-hydrogen) atoms. The first kappa shape index (κ1) is 14.7. The quantitative estimate of drug-likeness (QED) is 0.478. The predicted molar refractivity (Wildman–Crippen MR) is 67.1 cm³/mol. The Balaban J connectivity index is 3.39. The van der Waals surface area contributed by atoms with Crippen LogP contribution in [0.5, 0.6) is 0 Å². The van der Waals surface area contributed by atoms with Crippen LogP contribution in [-0.2, 0) is 4.79 Å². The third kappa shape index (κ3) is 9.96. The fraction of sp³-hybridized carbons (Fsp3) is 0.929. The molecule has 0 aromatic carbocycles. The number of carbonyl (C=O) groups excluding carboxylic acids is 1. The van der Waals surface area contributed by atoms with E-state index in [0.717, 1.165) is 18.8 Å². The van der Waals surface area contributed by atoms with E-state index in [1.54, 1.807) is 6.92 Å². The van der Waals surface area contributed by atoms with Crippen LogP contribution in [-0.4, -0.2) is 5.78 Å². The average molecular weight is 212 g/mol. The third-order valence-corrected chi connectivity index (χ3v) is 3.04. The molecule has 0 fully saturated rings. The fourth-order valence-corrected chi connectivity index (χ4v) is 2.23. The van der Waals surface area contributed by atoms with Crippen molar-refractivity contribution in [3.8, 4) is 0 Å². The van der Waals surface area contributed by atoms with Crippen LogP contribution in [0, 0.1) is 5.92 Å². The van der Waals surface area contributed by atoms with E-state index >= 15 is 0 Å². The Morgan fingerprint density at radius 1 is 0.933 bits per heavy atom. The Morgan fingerprint density at radius 2 is 1.53 bits per heavy atom. The van der Waals surface area contributed by atoms with Crippen molar-refractivity contribution in [1.82, 2.24) is 0 Å². The van der Waals surface area contributed by atoms with Crippen molar-refractivity contribution in [3.63, 3.8) is 0 Å². The topological polar surface area (TPSA) is 17.1 Å². The van der Waals surface area contributed by atoms with E-state index in [4.69, 9.17) is 0 Å². The molecule has 0 saturated heterocycles. The molecule has 1 heteroatoms. The molecule has 0 aliphatic heterocycles. The van der Waals surface area contributed by atoms with E-state index in [0.29, 0.717) is 5.78 Å². The van der Waals surface area contributed by atoms with Gasteiger partial charge in [0, 0.05) is 6.42 Å². The molecule has 0 atom stereocenters. The van der Waals surface area contributed by atoms with Gasteiger partial charge in [-0.1, -0.05) is 58.8 Å². The third-order valence-electron chi connectivity index (χ3n) is 3.04. The summed E-state index contributed by atoms with van der Waals surface area (Å²) in [4.78, 5) is 10.7. The summed E-state index contributed by atoms with van der Waals surface area (Å²) in [6.45, 7) is 6.24. The predicted octanol–water partition coefficient (Wildman–Crippen LogP) is 4.74. The second kappa shape index (κ2) is 10.2. The summed E-state index contributed by atoms with van der Waals surface area (Å²) in [5, 5.41) is 0. The van der Waals surface area contributed by atoms with E-state index in [-0.39, 0.29) is 0 Å². The Kier molecular flexibility index (Phi) is 9.97. The van der Waals surface area contributed by atoms with Crippen LogP contribution >= 0.6 is 0 Å². The number of rotatable bonds is 10. The number of Topliss-reactive ketones (excluding diaryl/α,β-unsaturated/α-hetero) is 1. The maximum atomic E-state index is 10.7. The van der Waals surface area contributed by atoms with Gasteiger partial charge in [0.05, 0.1) is 0 Å². The van der Waals surface area contributed by atoms with Crippen LogP contribution in [0.2, 0.25) is 0 Å². The molecule has 0 rings (SSSR count). The van der Waals surface area contributed by atoms with Crippen molar-refractivity contribution in [3.05, 3.63) is 0 Å². The number of unbranched alkanes of at least 4 members (excludes halogenated alkanes) is 2. The monoisotopic (exact) mass is 212 g/mol. The first-order valence-electron chi connectivity index (χ1n) is 6.70. The summed E-state index contributed by atoms with van der Waals surface area (Å²) < 4.78 is 0. The smallest absolute Gasteiger partial charge is 0.129 e. The lowest BCUT2D eigenvalue weighted by Crippen LogP contribution is -2.00. The molecule has 0 amide bonds. The molecule has 0 aromatic heterocycles. The zero-order valence-corrected chi connectivity index (χ0v) is 10.8. The van der Waals surface area contributed by atoms with Gasteiger partial charge >= 0.3 is 0 Å². The van der Waals surface area contributed by atoms with Crippen molar-refractivity contribution < 1.29 is 4.79 Å². The Labute approximate surface area is 95.6 Å². The van der Waals surface area contributed by atoms with E-state index in [2.05, 4.69) is 13.8 Å². The van der Waals surface area contributed by atoms with Crippen LogP contribution in [0.1, 0.15) is 78.6 Å². The largest absolute Gasteiger partial charge is 0.300 e. The standard InChI is InChI=1S/C14H28O/c1-4-9-14(10-5-2)12-8-6-7-11-13(3)15/h14H,4-12H2,1-3H3. The minimum Gasteiger partial charge on any atom is -0.300 e. The fourth-order valence-electron chi connectivity index (χ4n) is 2.23. The van der Waals surface area contributed by atoms with Crippen LogP contribution in [0.25, 0.3) is 0 Å². The van der Waals surface area contributed by atoms with E-state index in [9.17, 15) is 4.79 Å². The van der Waals surface area contributed by atoms with E-state index in [1.807, 2.05) is 0 Å². The molecule has 0 unspecified atom stereocenters. The van der Waals surface area contributed by atoms with Crippen LogP contribution in [0.4, 0.5) is 0 Å². The SMILES string of the molecule is CCCC(CCC)CCCCCC(C)=O. The molecular formula is C14H28O. The van der Waals surface area contributed by atoms with Crippen LogP contribution < -0.4 is 0 Å². The maximum absolute atomic E-state index is 10.7. The van der Waals surface area contributed by atoms with Gasteiger partial charge in [-0.3, -0.25) is 0 Å². The van der Waals surface area contributed by atoms with Crippen molar-refractivity contribution >= 4 is 5.78 Å². The van der Waals surface area contributed by atoms with E-state index < -0.39 is 0 Å². The highest BCUT2D eigenvalue weighted by molar-refractivity contribution is 5.75. The zero-order chi connectivity index (χ0) is 11.5. The Morgan fingerprint density at radius 3 is 2.00 bits per heavy atom. The second-order valence-electron chi connectivity index (χ2n) is 4.74. The minimum atomic E-state index is 0.341. The highest BCUT2D eigenvalue weighted by Gasteiger charge is 2.05. The van der Waals surface area contributed by atoms with Gasteiger partial charge in [-0.25, -0.2) is 0 Å². The second-order valence-corrected chi connectivity index (χ2v) is 4.74. The lowest BCUT2D eigenvalue weighted by molar-refractivity contribution is -0.117. The molecule has 0 aromatic rings. The summed E-state index contributed by atoms with van der Waals surface area (Å²) in [6.07, 6.45) is 11.2. The molecule has 0 bridgehead atoms. The van der Waals surface area contributed by atoms with Gasteiger partial charge < -0.3 is 4.79 Å². The highest BCUT2D eigenvalue weighted by atomic mass is 16.1. The average Bonchev–Trinajstić information content (AvgIpc) is 2.17. The highest BCUT2D eigenvalue weighted by Crippen LogP contribution is 2.20. The maximum Gasteiger partial charge on any atom is 0.129 e. The zero-order valence-electron chi connectivity index (χ0n) is 10.8. The normalized spacial score (nSPS) is 10.9. The Bertz CT molecular complexity index is 145. The summed E-state index contributed by atoms with van der Waals surface area (Å²) in [5.74, 6) is 1.28. The number of hydrogen-bond acceptors (Lipinski definition) is 1. The number of hydrogen-bond donors (Lipinski definition) is 0. The number of ketones is 1. The molecule has 0 radical (unpaired) electrons. The van der Waals surface area contributed by atoms with Crippen molar-refractivity contribution in [2.45, 2.75) is 78.6 Å². The lowest BCUT2D eigenvalue weighted by Gasteiger charge is -2.14. The first-order valence-corrected chi connectivity index (χ1v) is 6.70. The molecule has 0 aliphatic carbocycles. The van der Waals surface area contributed by atoms with Crippen LogP contribution in [0.15, 0.2) is 0 Å². The van der Waals surface area contributed by atoms with Crippen molar-refractivity contribution in [2.75, 3.05) is 0 Å². The van der Waals surface area contributed by atoms with Gasteiger partial charge in [-0.2, -0.15) is 0 Å². The lowest BCUT2D eigenvalue weighted by atomic mass is 9.92. The molecule has 90 valence electrons. The summed E-state index contributed by atoms with van der Waals surface area (Å²) in [5.41, 5.74) is 0. The summed E-state index contributed by atoms with van der Waals surface area (Å²) in [6, 6.07) is 0. The van der Waals surface area contributed by atoms with Crippen molar-refractivity contribution in [2.24, 2.45) is 5.92 Å². The minimum absolute atomic E-state index is 0.341. The van der Waals surface area contributed by atoms with Gasteiger partial charge in [-0.05, 0) is 19.3 Å². The Hall–Kier alpha value is -0.330. The van der Waals surface area contributed by atoms with Gasteiger partial charge in [0.2, 0.25) is 0 Å². The van der Waals surface area contributed by atoms with Crippen molar-refractivity contribution in [1.29, 1.82) is 0 Å². The summed E-state index contributed by atoms with van der Waals surface area (Å²) >= 11 is 0. The molecule has 0 spiro atoms. The first-order chi connectivity index (χ1) is 7.20. The molecule has 0 N–H and O–H groups in total. The summed E-state index contributed by atoms with van der Waals surface area (Å²) in [7, 11) is 0. The van der Waals surface area contributed by atoms with Gasteiger partial charge in [0.1, 0.15) is 5.78 Å². The van der Waals surface area contributed by atoms with Gasteiger partial charge in [0.25, 0.3) is 0 Å². The van der Waals surface area contributed by atoms with Crippen LogP contribution in [0.3, 0.4) is 0 Å². The van der Waals surface area contributed by atoms with Gasteiger partial charge in [0.15, 0.2) is 0 Å².